The zero-order chi connectivity index (χ0) is 23.3. The number of ether oxygens (including phenoxy) is 2. The van der Waals surface area contributed by atoms with Crippen molar-refractivity contribution < 1.29 is 19.1 Å². The van der Waals surface area contributed by atoms with Crippen LogP contribution in [0.5, 0.6) is 0 Å². The van der Waals surface area contributed by atoms with Gasteiger partial charge in [0.05, 0.1) is 14.2 Å². The first-order valence-corrected chi connectivity index (χ1v) is 12.8. The molecule has 0 aliphatic carbocycles. The molecule has 6 nitrogen and oxygen atoms in total. The van der Waals surface area contributed by atoms with Gasteiger partial charge in [0.15, 0.2) is 0 Å². The molecule has 0 fully saturated rings. The minimum Gasteiger partial charge on any atom is -0.468 e. The van der Waals surface area contributed by atoms with E-state index in [9.17, 15) is 9.59 Å². The number of carbonyl (C=O) groups is 2. The van der Waals surface area contributed by atoms with Crippen LogP contribution in [0.4, 0.5) is 0 Å². The van der Waals surface area contributed by atoms with Crippen molar-refractivity contribution in [2.24, 2.45) is 0 Å². The van der Waals surface area contributed by atoms with Gasteiger partial charge < -0.3 is 9.47 Å². The Hall–Kier alpha value is -2.00. The van der Waals surface area contributed by atoms with Crippen molar-refractivity contribution in [3.05, 3.63) is 71.8 Å². The molecule has 0 saturated heterocycles. The molecule has 0 unspecified atom stereocenters. The third kappa shape index (κ3) is 8.50. The second kappa shape index (κ2) is 14.2. The Kier molecular flexibility index (Phi) is 11.7. The summed E-state index contributed by atoms with van der Waals surface area (Å²) in [6.07, 6.45) is 0. The zero-order valence-electron chi connectivity index (χ0n) is 18.9. The number of rotatable bonds is 13. The van der Waals surface area contributed by atoms with Crippen LogP contribution in [0.25, 0.3) is 0 Å². The smallest absolute Gasteiger partial charge is 0.324 e. The fourth-order valence-electron chi connectivity index (χ4n) is 3.07. The van der Waals surface area contributed by atoms with E-state index in [1.165, 1.54) is 14.2 Å². The Bertz CT molecular complexity index is 754. The summed E-state index contributed by atoms with van der Waals surface area (Å²) in [4.78, 5) is 24.7. The van der Waals surface area contributed by atoms with Crippen molar-refractivity contribution in [3.63, 3.8) is 0 Å². The van der Waals surface area contributed by atoms with Crippen LogP contribution < -0.4 is 10.6 Å². The molecule has 2 N–H and O–H groups in total. The van der Waals surface area contributed by atoms with Crippen LogP contribution in [0.3, 0.4) is 0 Å². The van der Waals surface area contributed by atoms with E-state index in [0.29, 0.717) is 13.1 Å². The van der Waals surface area contributed by atoms with Crippen molar-refractivity contribution in [3.8, 4) is 0 Å². The number of methoxy groups -OCH3 is 2. The number of hydrogen-bond acceptors (Lipinski definition) is 8. The van der Waals surface area contributed by atoms with E-state index in [-0.39, 0.29) is 22.4 Å². The monoisotopic (exact) mass is 476 g/mol. The summed E-state index contributed by atoms with van der Waals surface area (Å²) in [5.41, 5.74) is 2.19. The van der Waals surface area contributed by atoms with Crippen LogP contribution in [0, 0.1) is 0 Å². The molecule has 0 amide bonds. The quantitative estimate of drug-likeness (QED) is 0.334. The first-order chi connectivity index (χ1) is 15.5. The maximum absolute atomic E-state index is 12.4. The Morgan fingerprint density at radius 1 is 0.719 bits per heavy atom. The highest BCUT2D eigenvalue weighted by atomic mass is 33.1. The molecule has 32 heavy (non-hydrogen) atoms. The second-order valence-electron chi connectivity index (χ2n) is 7.34. The number of benzene rings is 2. The van der Waals surface area contributed by atoms with Gasteiger partial charge in [-0.3, -0.25) is 20.2 Å². The average Bonchev–Trinajstić information content (AvgIpc) is 2.83. The summed E-state index contributed by atoms with van der Waals surface area (Å²) in [6, 6.07) is 18.9. The first kappa shape index (κ1) is 26.3. The predicted octanol–water partition coefficient (Wildman–Crippen LogP) is 3.81. The van der Waals surface area contributed by atoms with Gasteiger partial charge in [-0.15, -0.1) is 0 Å². The highest BCUT2D eigenvalue weighted by Gasteiger charge is 2.30. The van der Waals surface area contributed by atoms with E-state index in [1.54, 1.807) is 21.6 Å². The fourth-order valence-corrected chi connectivity index (χ4v) is 5.78. The second-order valence-corrected chi connectivity index (χ2v) is 10.4. The first-order valence-electron chi connectivity index (χ1n) is 10.5. The van der Waals surface area contributed by atoms with Crippen LogP contribution in [0.2, 0.25) is 0 Å². The minimum atomic E-state index is -0.473. The number of esters is 2. The lowest BCUT2D eigenvalue weighted by Gasteiger charge is -2.26. The zero-order valence-corrected chi connectivity index (χ0v) is 20.6. The van der Waals surface area contributed by atoms with Gasteiger partial charge in [0.1, 0.15) is 12.1 Å². The van der Waals surface area contributed by atoms with Gasteiger partial charge in [-0.25, -0.2) is 0 Å². The summed E-state index contributed by atoms with van der Waals surface area (Å²) < 4.78 is 10.0. The third-order valence-electron chi connectivity index (χ3n) is 4.95. The maximum Gasteiger partial charge on any atom is 0.324 e. The van der Waals surface area contributed by atoms with E-state index in [2.05, 4.69) is 10.6 Å². The van der Waals surface area contributed by atoms with Crippen molar-refractivity contribution in [1.29, 1.82) is 0 Å². The van der Waals surface area contributed by atoms with Crippen LogP contribution >= 0.6 is 21.6 Å². The maximum atomic E-state index is 12.4. The molecule has 0 aromatic heterocycles. The molecule has 174 valence electrons. The molecule has 0 saturated carbocycles. The number of nitrogens with one attached hydrogen (secondary N) is 2. The topological polar surface area (TPSA) is 76.7 Å². The standard InChI is InChI=1S/C24H32N2O4S2/c1-17(21(23(27)29-3)25-15-19-11-7-5-8-12-19)31-32-18(2)22(24(28)30-4)26-16-20-13-9-6-10-14-20/h5-14,17-18,21-22,25-26H,15-16H2,1-4H3/t17-,18-,21-,22-/m0/s1. The van der Waals surface area contributed by atoms with Crippen molar-refractivity contribution in [2.45, 2.75) is 49.5 Å². The normalized spacial score (nSPS) is 14.8. The Labute approximate surface area is 198 Å². The van der Waals surface area contributed by atoms with E-state index < -0.39 is 12.1 Å². The average molecular weight is 477 g/mol. The predicted molar refractivity (Wildman–Crippen MR) is 132 cm³/mol. The Morgan fingerprint density at radius 2 is 1.06 bits per heavy atom. The van der Waals surface area contributed by atoms with Gasteiger partial charge in [-0.1, -0.05) is 96.1 Å². The van der Waals surface area contributed by atoms with Gasteiger partial charge >= 0.3 is 11.9 Å². The number of hydrogen-bond donors (Lipinski definition) is 2. The molecule has 8 heteroatoms. The van der Waals surface area contributed by atoms with Crippen LogP contribution in [0.1, 0.15) is 25.0 Å². The van der Waals surface area contributed by atoms with Crippen LogP contribution in [-0.4, -0.2) is 48.7 Å². The summed E-state index contributed by atoms with van der Waals surface area (Å²) in [6.45, 7) is 5.09. The molecule has 0 aliphatic rings. The molecule has 0 radical (unpaired) electrons. The van der Waals surface area contributed by atoms with Crippen molar-refractivity contribution in [2.75, 3.05) is 14.2 Å². The van der Waals surface area contributed by atoms with E-state index in [1.807, 2.05) is 74.5 Å². The van der Waals surface area contributed by atoms with Gasteiger partial charge in [-0.05, 0) is 11.1 Å². The van der Waals surface area contributed by atoms with Crippen LogP contribution in [0.15, 0.2) is 60.7 Å². The highest BCUT2D eigenvalue weighted by molar-refractivity contribution is 8.77. The summed E-state index contributed by atoms with van der Waals surface area (Å²) >= 11 is 0. The van der Waals surface area contributed by atoms with E-state index in [4.69, 9.17) is 9.47 Å². The van der Waals surface area contributed by atoms with Crippen molar-refractivity contribution >= 4 is 33.5 Å². The van der Waals surface area contributed by atoms with Gasteiger partial charge in [0.25, 0.3) is 0 Å². The summed E-state index contributed by atoms with van der Waals surface area (Å²) in [5.74, 6) is -0.609. The molecular weight excluding hydrogens is 444 g/mol. The molecule has 2 aromatic rings. The molecule has 0 heterocycles. The highest BCUT2D eigenvalue weighted by Crippen LogP contribution is 2.34. The van der Waals surface area contributed by atoms with Crippen molar-refractivity contribution in [1.82, 2.24) is 10.6 Å². The van der Waals surface area contributed by atoms with Crippen LogP contribution in [-0.2, 0) is 32.2 Å². The number of carbonyl (C=O) groups excluding carboxylic acids is 2. The summed E-state index contributed by atoms with van der Waals surface area (Å²) in [7, 11) is 5.90. The minimum absolute atomic E-state index is 0.0777. The lowest BCUT2D eigenvalue weighted by molar-refractivity contribution is -0.143. The van der Waals surface area contributed by atoms with Gasteiger partial charge in [-0.2, -0.15) is 0 Å². The molecule has 2 aromatic carbocycles. The molecule has 0 bridgehead atoms. The molecule has 4 atom stereocenters. The Balaban J connectivity index is 1.94. The molecule has 0 spiro atoms. The lowest BCUT2D eigenvalue weighted by Crippen LogP contribution is -2.45. The fraction of sp³-hybridized carbons (Fsp3) is 0.417. The molecule has 0 aliphatic heterocycles. The van der Waals surface area contributed by atoms with Gasteiger partial charge in [0, 0.05) is 23.6 Å². The molecular formula is C24H32N2O4S2. The Morgan fingerprint density at radius 3 is 1.38 bits per heavy atom. The van der Waals surface area contributed by atoms with E-state index in [0.717, 1.165) is 11.1 Å². The SMILES string of the molecule is COC(=O)[C@@H](NCc1ccccc1)[C@H](C)SS[C@@H](C)[C@H](NCc1ccccc1)C(=O)OC. The molecule has 2 rings (SSSR count). The van der Waals surface area contributed by atoms with E-state index >= 15 is 0 Å². The van der Waals surface area contributed by atoms with Gasteiger partial charge in [0.2, 0.25) is 0 Å². The third-order valence-corrected chi connectivity index (χ3v) is 8.36. The summed E-state index contributed by atoms with van der Waals surface area (Å²) in [5, 5.41) is 6.45. The largest absolute Gasteiger partial charge is 0.468 e. The lowest BCUT2D eigenvalue weighted by atomic mass is 10.2.